The quantitative estimate of drug-likeness (QED) is 0.0199. The van der Waals surface area contributed by atoms with Crippen molar-refractivity contribution >= 4 is 5.91 Å². The smallest absolute Gasteiger partial charge is 0.220 e. The van der Waals surface area contributed by atoms with Crippen molar-refractivity contribution < 1.29 is 89.4 Å². The number of hydrogen-bond donors (Lipinski definition) is 12. The largest absolute Gasteiger partial charge is 0.394 e. The normalized spacial score (nSPS) is 28.1. The lowest BCUT2D eigenvalue weighted by atomic mass is 9.96. The lowest BCUT2D eigenvalue weighted by Gasteiger charge is -2.48. The van der Waals surface area contributed by atoms with Gasteiger partial charge in [-0.2, -0.15) is 0 Å². The fraction of sp³-hybridized carbons (Fsp3) is 0.720. The highest BCUT2D eigenvalue weighted by atomic mass is 16.8. The van der Waals surface area contributed by atoms with Crippen LogP contribution in [-0.2, 0) is 33.2 Å². The van der Waals surface area contributed by atoms with Crippen LogP contribution in [-0.4, -0.2) is 193 Å². The number of carbonyl (C=O) groups excluding carboxylic acids is 1. The number of rotatable bonds is 53. The van der Waals surface area contributed by atoms with Crippen LogP contribution < -0.4 is 5.32 Å². The van der Waals surface area contributed by atoms with E-state index in [1.54, 1.807) is 6.08 Å². The van der Waals surface area contributed by atoms with E-state index in [0.29, 0.717) is 6.42 Å². The van der Waals surface area contributed by atoms with Crippen LogP contribution in [0.3, 0.4) is 0 Å². The molecule has 0 bridgehead atoms. The topological polar surface area (TPSA) is 307 Å². The Morgan fingerprint density at radius 1 is 0.394 bits per heavy atom. The Kier molecular flexibility index (Phi) is 49.5. The van der Waals surface area contributed by atoms with Gasteiger partial charge in [-0.15, -0.1) is 0 Å². The minimum absolute atomic E-state index is 0.228. The molecule has 0 aromatic heterocycles. The zero-order valence-electron chi connectivity index (χ0n) is 56.9. The van der Waals surface area contributed by atoms with Crippen LogP contribution in [0, 0.1) is 0 Å². The highest BCUT2D eigenvalue weighted by Crippen LogP contribution is 2.33. The van der Waals surface area contributed by atoms with E-state index < -0.39 is 124 Å². The molecular formula is C75H125NO18. The number of hydrogen-bond acceptors (Lipinski definition) is 18. The first kappa shape index (κ1) is 84.4. The molecule has 0 radical (unpaired) electrons. The molecule has 0 aromatic carbocycles. The van der Waals surface area contributed by atoms with E-state index in [-0.39, 0.29) is 18.9 Å². The zero-order chi connectivity index (χ0) is 68.2. The van der Waals surface area contributed by atoms with Crippen LogP contribution in [0.5, 0.6) is 0 Å². The first-order valence-corrected chi connectivity index (χ1v) is 35.8. The van der Waals surface area contributed by atoms with Gasteiger partial charge in [0.15, 0.2) is 18.9 Å². The summed E-state index contributed by atoms with van der Waals surface area (Å²) >= 11 is 0. The van der Waals surface area contributed by atoms with Crippen molar-refractivity contribution in [2.45, 2.75) is 317 Å². The first-order chi connectivity index (χ1) is 45.8. The van der Waals surface area contributed by atoms with Crippen molar-refractivity contribution in [2.24, 2.45) is 0 Å². The Morgan fingerprint density at radius 2 is 0.734 bits per heavy atom. The maximum atomic E-state index is 13.4. The van der Waals surface area contributed by atoms with Crippen molar-refractivity contribution in [3.8, 4) is 0 Å². The third-order valence-corrected chi connectivity index (χ3v) is 17.0. The predicted octanol–water partition coefficient (Wildman–Crippen LogP) is 9.99. The highest BCUT2D eigenvalue weighted by molar-refractivity contribution is 5.76. The standard InChI is InChI=1S/C75H125NO18/c1-3-5-7-9-11-13-15-17-18-19-20-21-22-23-24-25-26-27-28-29-30-31-32-33-34-35-36-37-38-39-40-41-43-45-47-49-51-53-63(81)76-58(59(80)52-50-48-46-44-42-16-14-12-10-8-6-4-2)57-89-73-69(87)66(84)71(61(55-78)91-73)94-75-70(88)67(85)72(62(56-79)92-75)93-74-68(86)65(83)64(82)60(54-77)90-74/h5,7,11,13,17-18,20-21,23-24,26-27,29-30,32-33,35-36,50,52,58-62,64-75,77-80,82-88H,3-4,6,8-10,12,14-16,19,22,25,28,31,34,37-49,51,53-57H2,1-2H3,(H,76,81)/b7-5-,13-11-,18-17-,21-20-,24-23-,27-26-,30-29-,33-32-,36-35-,52-50+. The van der Waals surface area contributed by atoms with Crippen molar-refractivity contribution in [2.75, 3.05) is 26.4 Å². The first-order valence-electron chi connectivity index (χ1n) is 35.8. The Labute approximate surface area is 563 Å². The van der Waals surface area contributed by atoms with E-state index in [1.165, 1.54) is 70.6 Å². The monoisotopic (exact) mass is 1330 g/mol. The number of unbranched alkanes of at least 4 members (excludes halogenated alkanes) is 19. The van der Waals surface area contributed by atoms with E-state index in [1.807, 2.05) is 6.08 Å². The van der Waals surface area contributed by atoms with Crippen LogP contribution in [0.1, 0.15) is 213 Å². The van der Waals surface area contributed by atoms with Crippen LogP contribution in [0.4, 0.5) is 0 Å². The van der Waals surface area contributed by atoms with E-state index in [9.17, 15) is 61.0 Å². The molecule has 17 unspecified atom stereocenters. The molecule has 94 heavy (non-hydrogen) atoms. The molecule has 3 aliphatic rings. The molecule has 3 fully saturated rings. The Balaban J connectivity index is 1.35. The van der Waals surface area contributed by atoms with Crippen molar-refractivity contribution in [1.82, 2.24) is 5.32 Å². The third-order valence-electron chi connectivity index (χ3n) is 17.0. The van der Waals surface area contributed by atoms with Crippen molar-refractivity contribution in [1.29, 1.82) is 0 Å². The third kappa shape index (κ3) is 36.1. The van der Waals surface area contributed by atoms with Crippen LogP contribution in [0.2, 0.25) is 0 Å². The second-order valence-electron chi connectivity index (χ2n) is 25.0. The molecule has 3 rings (SSSR count). The fourth-order valence-electron chi connectivity index (χ4n) is 11.2. The minimum Gasteiger partial charge on any atom is -0.394 e. The SMILES string of the molecule is CC/C=C\C/C=C\C/C=C\C/C=C\C/C=C\C/C=C\C/C=C\C/C=C\C/C=C\CCCCCCCCCCCC(=O)NC(COC1OC(CO)C(OC2OC(CO)C(OC3OC(CO)C(O)C(O)C3O)C(O)C2O)C(O)C1O)C(O)/C=C/CCCCCCCCCCCC. The number of nitrogens with one attached hydrogen (secondary N) is 1. The van der Waals surface area contributed by atoms with Crippen LogP contribution >= 0.6 is 0 Å². The summed E-state index contributed by atoms with van der Waals surface area (Å²) < 4.78 is 34.3. The summed E-state index contributed by atoms with van der Waals surface area (Å²) in [7, 11) is 0. The minimum atomic E-state index is -1.98. The van der Waals surface area contributed by atoms with Gasteiger partial charge in [0, 0.05) is 6.42 Å². The van der Waals surface area contributed by atoms with E-state index in [0.717, 1.165) is 116 Å². The second-order valence-corrected chi connectivity index (χ2v) is 25.0. The summed E-state index contributed by atoms with van der Waals surface area (Å²) in [5, 5.41) is 120. The van der Waals surface area contributed by atoms with Crippen molar-refractivity contribution in [3.05, 3.63) is 122 Å². The molecule has 17 atom stereocenters. The Bertz CT molecular complexity index is 2180. The van der Waals surface area contributed by atoms with Crippen molar-refractivity contribution in [3.63, 3.8) is 0 Å². The molecule has 0 aliphatic carbocycles. The molecular weight excluding hydrogens is 1200 g/mol. The Morgan fingerprint density at radius 3 is 1.15 bits per heavy atom. The van der Waals surface area contributed by atoms with Gasteiger partial charge in [-0.1, -0.05) is 238 Å². The summed E-state index contributed by atoms with van der Waals surface area (Å²) in [5.41, 5.74) is 0. The fourth-order valence-corrected chi connectivity index (χ4v) is 11.2. The Hall–Kier alpha value is -3.81. The lowest BCUT2D eigenvalue weighted by Crippen LogP contribution is -2.66. The summed E-state index contributed by atoms with van der Waals surface area (Å²) in [6.45, 7) is 1.58. The zero-order valence-corrected chi connectivity index (χ0v) is 56.9. The van der Waals surface area contributed by atoms with E-state index >= 15 is 0 Å². The van der Waals surface area contributed by atoms with Gasteiger partial charge in [-0.3, -0.25) is 4.79 Å². The molecule has 3 aliphatic heterocycles. The maximum absolute atomic E-state index is 13.4. The average Bonchev–Trinajstić information content (AvgIpc) is 0.794. The molecule has 12 N–H and O–H groups in total. The summed E-state index contributed by atoms with van der Waals surface area (Å²) in [5.74, 6) is -0.288. The molecule has 19 nitrogen and oxygen atoms in total. The number of ether oxygens (including phenoxy) is 6. The van der Waals surface area contributed by atoms with Gasteiger partial charge in [-0.05, 0) is 89.9 Å². The number of aliphatic hydroxyl groups excluding tert-OH is 11. The summed E-state index contributed by atoms with van der Waals surface area (Å²) in [6.07, 6.45) is 49.0. The molecule has 19 heteroatoms. The molecule has 1 amide bonds. The summed E-state index contributed by atoms with van der Waals surface area (Å²) in [4.78, 5) is 13.4. The molecule has 3 saturated heterocycles. The second kappa shape index (κ2) is 55.1. The van der Waals surface area contributed by atoms with E-state index in [4.69, 9.17) is 28.4 Å². The molecule has 0 spiro atoms. The van der Waals surface area contributed by atoms with Gasteiger partial charge in [0.2, 0.25) is 5.91 Å². The number of carbonyl (C=O) groups is 1. The highest BCUT2D eigenvalue weighted by Gasteiger charge is 2.53. The number of aliphatic hydroxyl groups is 11. The predicted molar refractivity (Wildman–Crippen MR) is 369 cm³/mol. The number of amides is 1. The molecule has 0 aromatic rings. The molecule has 538 valence electrons. The molecule has 3 heterocycles. The van der Waals surface area contributed by atoms with E-state index in [2.05, 4.69) is 129 Å². The lowest BCUT2D eigenvalue weighted by molar-refractivity contribution is -0.379. The van der Waals surface area contributed by atoms with Gasteiger partial charge < -0.3 is 89.9 Å². The van der Waals surface area contributed by atoms with Gasteiger partial charge in [0.25, 0.3) is 0 Å². The van der Waals surface area contributed by atoms with Gasteiger partial charge >= 0.3 is 0 Å². The van der Waals surface area contributed by atoms with Gasteiger partial charge in [0.1, 0.15) is 73.2 Å². The molecule has 0 saturated carbocycles. The summed E-state index contributed by atoms with van der Waals surface area (Å²) in [6, 6.07) is -0.984. The number of allylic oxidation sites excluding steroid dienone is 19. The van der Waals surface area contributed by atoms with Crippen LogP contribution in [0.15, 0.2) is 122 Å². The van der Waals surface area contributed by atoms with Gasteiger partial charge in [0.05, 0.1) is 38.6 Å². The van der Waals surface area contributed by atoms with Gasteiger partial charge in [-0.25, -0.2) is 0 Å². The maximum Gasteiger partial charge on any atom is 0.220 e. The average molecular weight is 1330 g/mol. The van der Waals surface area contributed by atoms with Crippen LogP contribution in [0.25, 0.3) is 0 Å².